The highest BCUT2D eigenvalue weighted by molar-refractivity contribution is 5.99. The molecule has 0 bridgehead atoms. The van der Waals surface area contributed by atoms with Gasteiger partial charge in [0.05, 0.1) is 6.42 Å². The third kappa shape index (κ3) is 21.8. The Kier molecular flexibility index (Phi) is 19.0. The summed E-state index contributed by atoms with van der Waals surface area (Å²) in [4.78, 5) is 97.0. The molecule has 3 N–H and O–H groups in total. The maximum absolute atomic E-state index is 12.1. The number of hydrogen-bond donors (Lipinski definition) is 2. The number of ether oxygens (including phenoxy) is 1. The fourth-order valence-corrected chi connectivity index (χ4v) is 3.22. The van der Waals surface area contributed by atoms with Crippen LogP contribution >= 0.6 is 0 Å². The Morgan fingerprint density at radius 1 is 0.810 bits per heavy atom. The van der Waals surface area contributed by atoms with Gasteiger partial charge < -0.3 is 35.1 Å². The van der Waals surface area contributed by atoms with Crippen molar-refractivity contribution < 1.29 is 58.8 Å². The lowest BCUT2D eigenvalue weighted by molar-refractivity contribution is -0.790. The van der Waals surface area contributed by atoms with Gasteiger partial charge in [0.15, 0.2) is 6.23 Å². The average Bonchev–Trinajstić information content (AvgIpc) is 2.87. The first-order chi connectivity index (χ1) is 19.8. The minimum atomic E-state index is -1.27. The maximum Gasteiger partial charge on any atom is 0.295 e. The predicted octanol–water partition coefficient (Wildman–Crippen LogP) is -0.391. The van der Waals surface area contributed by atoms with Crippen LogP contribution in [0.2, 0.25) is 0 Å². The van der Waals surface area contributed by atoms with Crippen LogP contribution in [0.3, 0.4) is 0 Å². The monoisotopic (exact) mass is 613 g/mol. The number of hydrogen-bond acceptors (Lipinski definition) is 17. The summed E-state index contributed by atoms with van der Waals surface area (Å²) in [7, 11) is 0. The Labute approximate surface area is 236 Å². The van der Waals surface area contributed by atoms with E-state index in [0.29, 0.717) is 0 Å². The van der Waals surface area contributed by atoms with Gasteiger partial charge in [-0.15, -0.1) is 40.5 Å². The van der Waals surface area contributed by atoms with E-state index in [9.17, 15) is 54.8 Å². The summed E-state index contributed by atoms with van der Waals surface area (Å²) in [5.74, 6) is -0.947. The molecule has 0 radical (unpaired) electrons. The first-order valence-corrected chi connectivity index (χ1v) is 12.2. The molecule has 0 aliphatic rings. The standard InChI is InChI=1S/C19H31N7O16/c20-17(10-14(28)4-1-5-15(41-25(34)35)11-39-23(30)31)21-9-3-8-19(38-13-27)22-18(29)7-2-6-16(42-26(36)37)12-40-24(32)33/h13,15-16,19H,1-12H2,(H2,20,21)(H,22,29). The molecule has 23 heteroatoms. The summed E-state index contributed by atoms with van der Waals surface area (Å²) in [5, 5.41) is 39.3. The largest absolute Gasteiger partial charge is 0.444 e. The van der Waals surface area contributed by atoms with Crippen LogP contribution in [0.15, 0.2) is 4.99 Å². The number of rotatable bonds is 27. The Morgan fingerprint density at radius 3 is 1.81 bits per heavy atom. The minimum absolute atomic E-state index is 0.0146. The highest BCUT2D eigenvalue weighted by atomic mass is 17.0. The number of aliphatic imine (C=N–C) groups is 1. The number of Topliss-reactive ketones (excluding diaryl/α,β-unsaturated/α-hetero) is 1. The highest BCUT2D eigenvalue weighted by Crippen LogP contribution is 2.09. The molecule has 23 nitrogen and oxygen atoms in total. The van der Waals surface area contributed by atoms with E-state index in [0.717, 1.165) is 0 Å². The van der Waals surface area contributed by atoms with Crippen molar-refractivity contribution in [3.8, 4) is 0 Å². The smallest absolute Gasteiger partial charge is 0.295 e. The number of ketones is 1. The van der Waals surface area contributed by atoms with Gasteiger partial charge in [-0.1, -0.05) is 0 Å². The molecule has 3 atom stereocenters. The molecular formula is C19H31N7O16. The molecule has 0 aromatic carbocycles. The zero-order valence-corrected chi connectivity index (χ0v) is 22.1. The lowest BCUT2D eigenvalue weighted by atomic mass is 10.1. The third-order valence-corrected chi connectivity index (χ3v) is 4.97. The van der Waals surface area contributed by atoms with Gasteiger partial charge in [-0.2, -0.15) is 0 Å². The van der Waals surface area contributed by atoms with Crippen LogP contribution in [0.5, 0.6) is 0 Å². The van der Waals surface area contributed by atoms with E-state index >= 15 is 0 Å². The van der Waals surface area contributed by atoms with Crippen LogP contribution in [0.25, 0.3) is 0 Å². The molecule has 0 aliphatic carbocycles. The molecule has 238 valence electrons. The zero-order chi connectivity index (χ0) is 31.9. The van der Waals surface area contributed by atoms with E-state index in [1.54, 1.807) is 0 Å². The average molecular weight is 613 g/mol. The molecule has 0 spiro atoms. The van der Waals surface area contributed by atoms with Crippen molar-refractivity contribution in [3.05, 3.63) is 40.5 Å². The third-order valence-electron chi connectivity index (χ3n) is 4.97. The Bertz CT molecular complexity index is 949. The number of nitrogens with two attached hydrogens (primary N) is 1. The molecule has 42 heavy (non-hydrogen) atoms. The van der Waals surface area contributed by atoms with Crippen molar-refractivity contribution in [2.75, 3.05) is 19.8 Å². The van der Waals surface area contributed by atoms with Gasteiger partial charge in [0.25, 0.3) is 26.8 Å². The Balaban J connectivity index is 4.46. The Hall–Kier alpha value is -5.12. The molecule has 0 heterocycles. The molecular weight excluding hydrogens is 582 g/mol. The summed E-state index contributed by atoms with van der Waals surface area (Å²) in [6.07, 6.45) is -3.68. The van der Waals surface area contributed by atoms with Crippen molar-refractivity contribution in [1.29, 1.82) is 0 Å². The summed E-state index contributed by atoms with van der Waals surface area (Å²) in [6, 6.07) is 0. The molecule has 0 aromatic rings. The second-order valence-corrected chi connectivity index (χ2v) is 8.24. The quantitative estimate of drug-likeness (QED) is 0.0226. The van der Waals surface area contributed by atoms with Gasteiger partial charge in [0.1, 0.15) is 37.0 Å². The predicted molar refractivity (Wildman–Crippen MR) is 132 cm³/mol. The van der Waals surface area contributed by atoms with Crippen molar-refractivity contribution in [1.82, 2.24) is 5.32 Å². The summed E-state index contributed by atoms with van der Waals surface area (Å²) >= 11 is 0. The normalized spacial score (nSPS) is 13.0. The number of carbonyl (C=O) groups is 3. The lowest BCUT2D eigenvalue weighted by Crippen LogP contribution is -2.37. The van der Waals surface area contributed by atoms with E-state index in [2.05, 4.69) is 29.7 Å². The van der Waals surface area contributed by atoms with Gasteiger partial charge in [-0.05, 0) is 32.1 Å². The first kappa shape index (κ1) is 36.9. The highest BCUT2D eigenvalue weighted by Gasteiger charge is 2.19. The van der Waals surface area contributed by atoms with E-state index in [1.807, 2.05) is 0 Å². The maximum atomic E-state index is 12.1. The molecule has 0 saturated carbocycles. The lowest BCUT2D eigenvalue weighted by Gasteiger charge is -2.17. The van der Waals surface area contributed by atoms with Crippen molar-refractivity contribution in [3.63, 3.8) is 0 Å². The van der Waals surface area contributed by atoms with Crippen molar-refractivity contribution in [2.24, 2.45) is 10.7 Å². The second-order valence-electron chi connectivity index (χ2n) is 8.24. The number of nitrogens with one attached hydrogen (secondary N) is 1. The van der Waals surface area contributed by atoms with Crippen molar-refractivity contribution >= 4 is 24.0 Å². The Morgan fingerprint density at radius 2 is 1.33 bits per heavy atom. The van der Waals surface area contributed by atoms with Crippen LogP contribution in [-0.4, -0.2) is 82.5 Å². The zero-order valence-electron chi connectivity index (χ0n) is 22.1. The van der Waals surface area contributed by atoms with Gasteiger partial charge in [-0.25, -0.2) is 0 Å². The van der Waals surface area contributed by atoms with Crippen LogP contribution in [0, 0.1) is 40.5 Å². The molecule has 0 aliphatic heterocycles. The van der Waals surface area contributed by atoms with Crippen LogP contribution in [-0.2, 0) is 38.5 Å². The van der Waals surface area contributed by atoms with Gasteiger partial charge >= 0.3 is 0 Å². The molecule has 0 saturated heterocycles. The molecule has 1 amide bonds. The minimum Gasteiger partial charge on any atom is -0.444 e. The molecule has 0 rings (SSSR count). The van der Waals surface area contributed by atoms with E-state index in [1.165, 1.54) is 0 Å². The number of carbonyl (C=O) groups excluding carboxylic acids is 3. The molecule has 0 aromatic heterocycles. The van der Waals surface area contributed by atoms with E-state index in [-0.39, 0.29) is 82.4 Å². The topological polar surface area (TPSA) is 320 Å². The number of amides is 1. The van der Waals surface area contributed by atoms with Gasteiger partial charge in [0.2, 0.25) is 5.91 Å². The van der Waals surface area contributed by atoms with E-state index < -0.39 is 57.9 Å². The van der Waals surface area contributed by atoms with E-state index in [4.69, 9.17) is 10.5 Å². The van der Waals surface area contributed by atoms with Crippen molar-refractivity contribution in [2.45, 2.75) is 76.2 Å². The van der Waals surface area contributed by atoms with Crippen LogP contribution < -0.4 is 11.1 Å². The summed E-state index contributed by atoms with van der Waals surface area (Å²) in [5.41, 5.74) is 5.72. The number of amidine groups is 1. The summed E-state index contributed by atoms with van der Waals surface area (Å²) < 4.78 is 4.79. The van der Waals surface area contributed by atoms with Gasteiger partial charge in [0, 0.05) is 25.8 Å². The molecule has 3 unspecified atom stereocenters. The molecule has 0 fully saturated rings. The van der Waals surface area contributed by atoms with Crippen LogP contribution in [0.1, 0.15) is 57.8 Å². The SMILES string of the molecule is NC(CC(=O)CCCC(CO[N+](=O)[O-])O[N+](=O)[O-])=NCCCC(NC(=O)CCCC(CO[N+](=O)[O-])O[N+](=O)[O-])OC=O. The van der Waals surface area contributed by atoms with Crippen LogP contribution in [0.4, 0.5) is 0 Å². The fourth-order valence-electron chi connectivity index (χ4n) is 3.22. The van der Waals surface area contributed by atoms with Gasteiger partial charge in [-0.3, -0.25) is 19.4 Å². The second kappa shape index (κ2) is 21.7. The number of nitrogens with zero attached hydrogens (tertiary/aromatic N) is 5. The first-order valence-electron chi connectivity index (χ1n) is 12.2. The summed E-state index contributed by atoms with van der Waals surface area (Å²) in [6.45, 7) is -1.17. The fraction of sp³-hybridized carbons (Fsp3) is 0.789.